The minimum atomic E-state index is -0.830. The molecule has 18 heavy (non-hydrogen) atoms. The Morgan fingerprint density at radius 2 is 2.22 bits per heavy atom. The standard InChI is InChI=1S/C13H17BrFNO2/c1-3-16(7-9(2)13(17)18)8-10-6-11(14)4-5-12(10)15/h4-6,9H,3,7-8H2,1-2H3,(H,17,18). The normalized spacial score (nSPS) is 12.7. The summed E-state index contributed by atoms with van der Waals surface area (Å²) in [6.07, 6.45) is 0. The number of carboxylic acid groups (broad SMARTS) is 1. The molecule has 0 aliphatic heterocycles. The van der Waals surface area contributed by atoms with Crippen molar-refractivity contribution in [2.24, 2.45) is 5.92 Å². The van der Waals surface area contributed by atoms with Crippen molar-refractivity contribution in [3.05, 3.63) is 34.1 Å². The number of hydrogen-bond donors (Lipinski definition) is 1. The van der Waals surface area contributed by atoms with E-state index in [-0.39, 0.29) is 5.82 Å². The van der Waals surface area contributed by atoms with E-state index < -0.39 is 11.9 Å². The maximum absolute atomic E-state index is 13.6. The molecule has 1 unspecified atom stereocenters. The Hall–Kier alpha value is -0.940. The third kappa shape index (κ3) is 4.38. The number of carboxylic acids is 1. The van der Waals surface area contributed by atoms with Crippen molar-refractivity contribution in [1.29, 1.82) is 0 Å². The number of nitrogens with zero attached hydrogens (tertiary/aromatic N) is 1. The van der Waals surface area contributed by atoms with Crippen LogP contribution in [0, 0.1) is 11.7 Å². The summed E-state index contributed by atoms with van der Waals surface area (Å²) >= 11 is 3.30. The van der Waals surface area contributed by atoms with E-state index in [4.69, 9.17) is 5.11 Å². The largest absolute Gasteiger partial charge is 0.481 e. The molecule has 0 heterocycles. The predicted octanol–water partition coefficient (Wildman–Crippen LogP) is 3.13. The fraction of sp³-hybridized carbons (Fsp3) is 0.462. The molecular formula is C13H17BrFNO2. The lowest BCUT2D eigenvalue weighted by atomic mass is 10.1. The Balaban J connectivity index is 2.73. The number of aliphatic carboxylic acids is 1. The van der Waals surface area contributed by atoms with Crippen LogP contribution in [0.4, 0.5) is 4.39 Å². The molecule has 0 amide bonds. The van der Waals surface area contributed by atoms with E-state index in [1.807, 2.05) is 11.8 Å². The van der Waals surface area contributed by atoms with Crippen LogP contribution in [0.2, 0.25) is 0 Å². The van der Waals surface area contributed by atoms with E-state index >= 15 is 0 Å². The van der Waals surface area contributed by atoms with Gasteiger partial charge < -0.3 is 5.11 Å². The van der Waals surface area contributed by atoms with Crippen molar-refractivity contribution >= 4 is 21.9 Å². The van der Waals surface area contributed by atoms with Crippen molar-refractivity contribution in [3.63, 3.8) is 0 Å². The van der Waals surface area contributed by atoms with Crippen LogP contribution in [0.1, 0.15) is 19.4 Å². The van der Waals surface area contributed by atoms with E-state index in [0.29, 0.717) is 25.2 Å². The summed E-state index contributed by atoms with van der Waals surface area (Å²) in [4.78, 5) is 12.7. The zero-order chi connectivity index (χ0) is 13.7. The molecule has 100 valence electrons. The SMILES string of the molecule is CCN(Cc1cc(Br)ccc1F)CC(C)C(=O)O. The van der Waals surface area contributed by atoms with Gasteiger partial charge >= 0.3 is 5.97 Å². The average Bonchev–Trinajstić information content (AvgIpc) is 2.32. The molecule has 1 aromatic carbocycles. The summed E-state index contributed by atoms with van der Waals surface area (Å²) in [6.45, 7) is 5.10. The molecule has 1 rings (SSSR count). The molecule has 0 saturated heterocycles. The summed E-state index contributed by atoms with van der Waals surface area (Å²) < 4.78 is 14.4. The van der Waals surface area contributed by atoms with Crippen LogP contribution in [-0.4, -0.2) is 29.1 Å². The second kappa shape index (κ2) is 6.85. The zero-order valence-electron chi connectivity index (χ0n) is 10.5. The molecule has 5 heteroatoms. The first-order valence-corrected chi connectivity index (χ1v) is 6.62. The van der Waals surface area contributed by atoms with Gasteiger partial charge in [0, 0.05) is 23.1 Å². The number of carbonyl (C=O) groups is 1. The van der Waals surface area contributed by atoms with Gasteiger partial charge in [0.25, 0.3) is 0 Å². The van der Waals surface area contributed by atoms with Gasteiger partial charge in [-0.2, -0.15) is 0 Å². The minimum absolute atomic E-state index is 0.264. The number of rotatable bonds is 6. The number of halogens is 2. The molecule has 0 aliphatic carbocycles. The van der Waals surface area contributed by atoms with Crippen molar-refractivity contribution in [2.75, 3.05) is 13.1 Å². The Kier molecular flexibility index (Phi) is 5.75. The molecule has 0 radical (unpaired) electrons. The lowest BCUT2D eigenvalue weighted by molar-refractivity contribution is -0.141. The molecule has 0 aromatic heterocycles. The van der Waals surface area contributed by atoms with Crippen molar-refractivity contribution in [3.8, 4) is 0 Å². The lowest BCUT2D eigenvalue weighted by Gasteiger charge is -2.22. The molecule has 0 bridgehead atoms. The van der Waals surface area contributed by atoms with Crippen LogP contribution in [0.5, 0.6) is 0 Å². The van der Waals surface area contributed by atoms with E-state index in [1.54, 1.807) is 19.1 Å². The van der Waals surface area contributed by atoms with Crippen LogP contribution in [0.3, 0.4) is 0 Å². The van der Waals surface area contributed by atoms with Gasteiger partial charge in [0.1, 0.15) is 5.82 Å². The Labute approximate surface area is 115 Å². The van der Waals surface area contributed by atoms with Crippen molar-refractivity contribution in [2.45, 2.75) is 20.4 Å². The van der Waals surface area contributed by atoms with Crippen LogP contribution in [0.25, 0.3) is 0 Å². The molecule has 1 atom stereocenters. The summed E-state index contributed by atoms with van der Waals surface area (Å²) in [5.74, 6) is -1.55. The van der Waals surface area contributed by atoms with Gasteiger partial charge in [-0.05, 0) is 24.7 Å². The summed E-state index contributed by atoms with van der Waals surface area (Å²) in [5, 5.41) is 8.88. The van der Waals surface area contributed by atoms with E-state index in [9.17, 15) is 9.18 Å². The van der Waals surface area contributed by atoms with Gasteiger partial charge in [-0.1, -0.05) is 29.8 Å². The Morgan fingerprint density at radius 3 is 2.78 bits per heavy atom. The molecule has 3 nitrogen and oxygen atoms in total. The Morgan fingerprint density at radius 1 is 1.56 bits per heavy atom. The zero-order valence-corrected chi connectivity index (χ0v) is 12.1. The smallest absolute Gasteiger partial charge is 0.307 e. The van der Waals surface area contributed by atoms with E-state index in [2.05, 4.69) is 15.9 Å². The second-order valence-corrected chi connectivity index (χ2v) is 5.22. The van der Waals surface area contributed by atoms with Crippen molar-refractivity contribution in [1.82, 2.24) is 4.90 Å². The van der Waals surface area contributed by atoms with Crippen molar-refractivity contribution < 1.29 is 14.3 Å². The van der Waals surface area contributed by atoms with Gasteiger partial charge in [0.2, 0.25) is 0 Å². The van der Waals surface area contributed by atoms with Gasteiger partial charge in [-0.15, -0.1) is 0 Å². The summed E-state index contributed by atoms with van der Waals surface area (Å²) in [6, 6.07) is 4.78. The molecule has 0 saturated carbocycles. The molecule has 0 spiro atoms. The van der Waals surface area contributed by atoms with E-state index in [0.717, 1.165) is 4.47 Å². The van der Waals surface area contributed by atoms with Gasteiger partial charge in [-0.3, -0.25) is 9.69 Å². The first kappa shape index (κ1) is 15.1. The van der Waals surface area contributed by atoms with Crippen LogP contribution >= 0.6 is 15.9 Å². The number of hydrogen-bond acceptors (Lipinski definition) is 2. The Bertz CT molecular complexity index is 425. The first-order valence-electron chi connectivity index (χ1n) is 5.83. The maximum atomic E-state index is 13.6. The van der Waals surface area contributed by atoms with Gasteiger partial charge in [0.05, 0.1) is 5.92 Å². The fourth-order valence-electron chi connectivity index (χ4n) is 1.68. The lowest BCUT2D eigenvalue weighted by Crippen LogP contribution is -2.31. The predicted molar refractivity (Wildman–Crippen MR) is 71.9 cm³/mol. The quantitative estimate of drug-likeness (QED) is 0.876. The van der Waals surface area contributed by atoms with Crippen LogP contribution in [0.15, 0.2) is 22.7 Å². The highest BCUT2D eigenvalue weighted by molar-refractivity contribution is 9.10. The van der Waals surface area contributed by atoms with Crippen LogP contribution in [-0.2, 0) is 11.3 Å². The van der Waals surface area contributed by atoms with Crippen LogP contribution < -0.4 is 0 Å². The first-order chi connectivity index (χ1) is 8.43. The minimum Gasteiger partial charge on any atom is -0.481 e. The second-order valence-electron chi connectivity index (χ2n) is 4.30. The molecular weight excluding hydrogens is 301 g/mol. The fourth-order valence-corrected chi connectivity index (χ4v) is 2.08. The average molecular weight is 318 g/mol. The molecule has 0 aliphatic rings. The third-order valence-electron chi connectivity index (χ3n) is 2.80. The summed E-state index contributed by atoms with van der Waals surface area (Å²) in [7, 11) is 0. The highest BCUT2D eigenvalue weighted by Gasteiger charge is 2.16. The van der Waals surface area contributed by atoms with Gasteiger partial charge in [-0.25, -0.2) is 4.39 Å². The highest BCUT2D eigenvalue weighted by Crippen LogP contribution is 2.17. The monoisotopic (exact) mass is 317 g/mol. The van der Waals surface area contributed by atoms with E-state index in [1.165, 1.54) is 6.07 Å². The third-order valence-corrected chi connectivity index (χ3v) is 3.30. The molecule has 1 aromatic rings. The summed E-state index contributed by atoms with van der Waals surface area (Å²) in [5.41, 5.74) is 0.573. The van der Waals surface area contributed by atoms with Gasteiger partial charge in [0.15, 0.2) is 0 Å². The topological polar surface area (TPSA) is 40.5 Å². The maximum Gasteiger partial charge on any atom is 0.307 e. The highest BCUT2D eigenvalue weighted by atomic mass is 79.9. The molecule has 0 fully saturated rings. The number of benzene rings is 1. The molecule has 1 N–H and O–H groups in total.